The molecule has 0 saturated heterocycles. The van der Waals surface area contributed by atoms with Crippen LogP contribution >= 0.6 is 0 Å². The average Bonchev–Trinajstić information content (AvgIpc) is 1.69. The van der Waals surface area contributed by atoms with Crippen molar-refractivity contribution in [1.29, 1.82) is 0 Å². The fraction of sp³-hybridized carbons (Fsp3) is 0. The van der Waals surface area contributed by atoms with E-state index in [0.29, 0.717) is 0 Å². The number of hydrazone groups is 1. The van der Waals surface area contributed by atoms with Crippen molar-refractivity contribution in [3.63, 3.8) is 0 Å². The largest absolute Gasteiger partial charge is 0.226 e. The molecule has 0 atom stereocenters. The highest BCUT2D eigenvalue weighted by molar-refractivity contribution is 5.70. The molecule has 0 aromatic rings. The Morgan fingerprint density at radius 2 is 2.57 bits per heavy atom. The number of hydrogen-bond acceptors (Lipinski definition) is 3. The first-order chi connectivity index (χ1) is 3.39. The van der Waals surface area contributed by atoms with Gasteiger partial charge in [-0.2, -0.15) is 10.2 Å². The molecule has 0 aromatic heterocycles. The highest BCUT2D eigenvalue weighted by Crippen LogP contribution is 1.81. The van der Waals surface area contributed by atoms with E-state index in [1.165, 1.54) is 5.12 Å². The summed E-state index contributed by atoms with van der Waals surface area (Å²) in [6, 6.07) is 0. The zero-order valence-corrected chi connectivity index (χ0v) is 3.70. The Morgan fingerprint density at radius 3 is 2.86 bits per heavy atom. The van der Waals surface area contributed by atoms with Crippen LogP contribution in [0, 0.1) is 0 Å². The van der Waals surface area contributed by atoms with Gasteiger partial charge < -0.3 is 0 Å². The van der Waals surface area contributed by atoms with Gasteiger partial charge in [0.25, 0.3) is 0 Å². The molecular weight excluding hydrogens is 90.1 g/mol. The summed E-state index contributed by atoms with van der Waals surface area (Å²) in [7, 11) is 0. The Bertz CT molecular complexity index is 141. The lowest BCUT2D eigenvalue weighted by atomic mass is 10.6. The molecule has 0 bridgehead atoms. The second kappa shape index (κ2) is 1.60. The van der Waals surface area contributed by atoms with Crippen molar-refractivity contribution in [2.24, 2.45) is 10.9 Å². The number of rotatable bonds is 0. The zero-order chi connectivity index (χ0) is 5.11. The van der Waals surface area contributed by atoms with Gasteiger partial charge in [-0.15, -0.1) is 0 Å². The van der Waals surface area contributed by atoms with Gasteiger partial charge in [0.15, 0.2) is 0 Å². The van der Waals surface area contributed by atoms with Crippen LogP contribution in [0.3, 0.4) is 0 Å². The van der Waals surface area contributed by atoms with Crippen molar-refractivity contribution < 1.29 is 0 Å². The van der Waals surface area contributed by atoms with Crippen LogP contribution in [0.1, 0.15) is 0 Å². The Labute approximate surface area is 41.4 Å². The maximum atomic E-state index is 5.13. The molecule has 3 nitrogen and oxygen atoms in total. The molecule has 0 aliphatic carbocycles. The molecule has 0 aromatic carbocycles. The third-order valence-electron chi connectivity index (χ3n) is 0.578. The molecular formula is C4H5N3. The Hall–Kier alpha value is -1.05. The Kier molecular flexibility index (Phi) is 0.941. The zero-order valence-electron chi connectivity index (χ0n) is 3.70. The van der Waals surface area contributed by atoms with E-state index in [0.717, 1.165) is 0 Å². The van der Waals surface area contributed by atoms with Crippen molar-refractivity contribution in [2.45, 2.75) is 0 Å². The van der Waals surface area contributed by atoms with Gasteiger partial charge in [0, 0.05) is 6.08 Å². The minimum atomic E-state index is 1.19. The van der Waals surface area contributed by atoms with Gasteiger partial charge >= 0.3 is 0 Å². The molecule has 1 heterocycles. The summed E-state index contributed by atoms with van der Waals surface area (Å²) in [4.78, 5) is 0. The van der Waals surface area contributed by atoms with Crippen LogP contribution in [0.15, 0.2) is 23.1 Å². The molecule has 0 fully saturated rings. The molecule has 0 radical (unpaired) electrons. The highest BCUT2D eigenvalue weighted by Gasteiger charge is 1.80. The molecule has 0 unspecified atom stereocenters. The Morgan fingerprint density at radius 1 is 1.71 bits per heavy atom. The third kappa shape index (κ3) is 0.892. The summed E-state index contributed by atoms with van der Waals surface area (Å²) in [5.41, 5.74) is 2.74. The van der Waals surface area contributed by atoms with Crippen molar-refractivity contribution in [1.82, 2.24) is 5.12 Å². The van der Waals surface area contributed by atoms with Gasteiger partial charge in [0.05, 0.1) is 12.4 Å². The number of allylic oxidation sites excluding steroid dienone is 1. The van der Waals surface area contributed by atoms with Gasteiger partial charge in [0.2, 0.25) is 0 Å². The number of hydrazine groups is 1. The van der Waals surface area contributed by atoms with Crippen LogP contribution < -0.4 is 5.84 Å². The molecule has 1 rings (SSSR count). The van der Waals surface area contributed by atoms with Crippen LogP contribution in [0.25, 0.3) is 0 Å². The smallest absolute Gasteiger partial charge is 0.0834 e. The lowest BCUT2D eigenvalue weighted by Gasteiger charge is -2.02. The van der Waals surface area contributed by atoms with Gasteiger partial charge in [-0.1, -0.05) is 5.73 Å². The first kappa shape index (κ1) is 4.12. The third-order valence-corrected chi connectivity index (χ3v) is 0.578. The standard InChI is InChI=1S/C4H5N3/c5-7-4-2-1-3-6-7/h1,3-4H,5H2. The van der Waals surface area contributed by atoms with Crippen LogP contribution in [-0.4, -0.2) is 11.3 Å². The predicted octanol–water partition coefficient (Wildman–Crippen LogP) is -0.170. The molecule has 7 heavy (non-hydrogen) atoms. The number of nitrogens with zero attached hydrogens (tertiary/aromatic N) is 2. The van der Waals surface area contributed by atoms with Crippen molar-refractivity contribution in [3.05, 3.63) is 18.0 Å². The fourth-order valence-corrected chi connectivity index (χ4v) is 0.306. The molecule has 0 saturated carbocycles. The van der Waals surface area contributed by atoms with Gasteiger partial charge in [-0.05, 0) is 0 Å². The molecule has 0 amide bonds. The van der Waals surface area contributed by atoms with Gasteiger partial charge in [0.1, 0.15) is 0 Å². The second-order valence-electron chi connectivity index (χ2n) is 1.11. The van der Waals surface area contributed by atoms with E-state index in [4.69, 9.17) is 5.84 Å². The first-order valence-electron chi connectivity index (χ1n) is 1.89. The molecule has 0 spiro atoms. The van der Waals surface area contributed by atoms with Crippen LogP contribution in [0.2, 0.25) is 0 Å². The number of nitrogens with two attached hydrogens (primary N) is 1. The average molecular weight is 95.1 g/mol. The summed E-state index contributed by atoms with van der Waals surface area (Å²) >= 11 is 0. The van der Waals surface area contributed by atoms with E-state index in [1.807, 2.05) is 0 Å². The van der Waals surface area contributed by atoms with E-state index < -0.39 is 0 Å². The number of hydrogen-bond donors (Lipinski definition) is 1. The summed E-state index contributed by atoms with van der Waals surface area (Å²) < 4.78 is 0. The maximum Gasteiger partial charge on any atom is 0.0834 e. The molecule has 3 heteroatoms. The van der Waals surface area contributed by atoms with Crippen molar-refractivity contribution >= 4 is 6.21 Å². The van der Waals surface area contributed by atoms with E-state index in [-0.39, 0.29) is 0 Å². The quantitative estimate of drug-likeness (QED) is 0.335. The van der Waals surface area contributed by atoms with Crippen LogP contribution in [0.5, 0.6) is 0 Å². The summed E-state index contributed by atoms with van der Waals surface area (Å²) in [5, 5.41) is 4.84. The monoisotopic (exact) mass is 95.0 g/mol. The van der Waals surface area contributed by atoms with E-state index >= 15 is 0 Å². The Balaban J connectivity index is 2.77. The van der Waals surface area contributed by atoms with Crippen molar-refractivity contribution in [2.75, 3.05) is 0 Å². The lowest BCUT2D eigenvalue weighted by Crippen LogP contribution is -2.18. The first-order valence-corrected chi connectivity index (χ1v) is 1.89. The van der Waals surface area contributed by atoms with Gasteiger partial charge in [-0.25, -0.2) is 5.84 Å². The van der Waals surface area contributed by atoms with E-state index in [2.05, 4.69) is 10.8 Å². The summed E-state index contributed by atoms with van der Waals surface area (Å²) in [6.07, 6.45) is 4.80. The normalized spacial score (nSPS) is 15.9. The summed E-state index contributed by atoms with van der Waals surface area (Å²) in [5.74, 6) is 5.13. The molecule has 36 valence electrons. The van der Waals surface area contributed by atoms with E-state index in [1.54, 1.807) is 18.5 Å². The van der Waals surface area contributed by atoms with Crippen molar-refractivity contribution in [3.8, 4) is 0 Å². The lowest BCUT2D eigenvalue weighted by molar-refractivity contribution is 0.422. The fourth-order valence-electron chi connectivity index (χ4n) is 0.306. The highest BCUT2D eigenvalue weighted by atomic mass is 15.6. The molecule has 1 aliphatic heterocycles. The SMILES string of the molecule is NN1C=C=CC=N1. The second-order valence-corrected chi connectivity index (χ2v) is 1.11. The minimum absolute atomic E-state index is 1.19. The van der Waals surface area contributed by atoms with E-state index in [9.17, 15) is 0 Å². The maximum absolute atomic E-state index is 5.13. The van der Waals surface area contributed by atoms with Crippen LogP contribution in [0.4, 0.5) is 0 Å². The molecule has 1 aliphatic rings. The van der Waals surface area contributed by atoms with Gasteiger partial charge in [-0.3, -0.25) is 0 Å². The summed E-state index contributed by atoms with van der Waals surface area (Å²) in [6.45, 7) is 0. The molecule has 2 N–H and O–H groups in total. The topological polar surface area (TPSA) is 41.6 Å². The minimum Gasteiger partial charge on any atom is -0.226 e. The van der Waals surface area contributed by atoms with Crippen LogP contribution in [-0.2, 0) is 0 Å². The predicted molar refractivity (Wildman–Crippen MR) is 27.2 cm³/mol.